The molecule has 0 radical (unpaired) electrons. The number of nitrogens with one attached hydrogen (secondary N) is 1. The molecule has 0 unspecified atom stereocenters. The van der Waals surface area contributed by atoms with Gasteiger partial charge in [-0.05, 0) is 67.3 Å². The van der Waals surface area contributed by atoms with Crippen LogP contribution < -0.4 is 9.62 Å². The number of aryl methyl sites for hydroxylation is 1. The van der Waals surface area contributed by atoms with Gasteiger partial charge in [0.15, 0.2) is 0 Å². The minimum Gasteiger partial charge on any atom is -0.352 e. The van der Waals surface area contributed by atoms with Crippen molar-refractivity contribution in [2.75, 3.05) is 10.8 Å². The molecule has 1 saturated carbocycles. The lowest BCUT2D eigenvalue weighted by atomic mass is 10.0. The van der Waals surface area contributed by atoms with E-state index in [0.717, 1.165) is 46.7 Å². The van der Waals surface area contributed by atoms with Crippen molar-refractivity contribution in [1.82, 2.24) is 10.2 Å². The van der Waals surface area contributed by atoms with Crippen LogP contribution >= 0.6 is 11.6 Å². The Labute approximate surface area is 270 Å². The van der Waals surface area contributed by atoms with Crippen LogP contribution in [-0.2, 0) is 32.6 Å². The Morgan fingerprint density at radius 2 is 1.40 bits per heavy atom. The van der Waals surface area contributed by atoms with E-state index in [-0.39, 0.29) is 29.8 Å². The molecular formula is C36H38ClN3O4S. The van der Waals surface area contributed by atoms with E-state index >= 15 is 0 Å². The number of sulfonamides is 1. The smallest absolute Gasteiger partial charge is 0.264 e. The molecule has 2 amide bonds. The Hall–Kier alpha value is -4.14. The van der Waals surface area contributed by atoms with Gasteiger partial charge in [-0.1, -0.05) is 103 Å². The van der Waals surface area contributed by atoms with Gasteiger partial charge < -0.3 is 10.2 Å². The number of nitrogens with zero attached hydrogens (tertiary/aromatic N) is 2. The number of hydrogen-bond donors (Lipinski definition) is 1. The van der Waals surface area contributed by atoms with Crippen molar-refractivity contribution in [3.05, 3.63) is 131 Å². The van der Waals surface area contributed by atoms with Crippen LogP contribution in [0.25, 0.3) is 0 Å². The number of carbonyl (C=O) groups excluding carboxylic acids is 2. The van der Waals surface area contributed by atoms with Gasteiger partial charge in [0.05, 0.1) is 10.6 Å². The molecule has 9 heteroatoms. The highest BCUT2D eigenvalue weighted by Crippen LogP contribution is 2.27. The highest BCUT2D eigenvalue weighted by Gasteiger charge is 2.35. The monoisotopic (exact) mass is 643 g/mol. The van der Waals surface area contributed by atoms with E-state index in [1.165, 1.54) is 29.2 Å². The second kappa shape index (κ2) is 14.8. The van der Waals surface area contributed by atoms with Crippen molar-refractivity contribution < 1.29 is 18.0 Å². The Morgan fingerprint density at radius 1 is 0.822 bits per heavy atom. The van der Waals surface area contributed by atoms with Crippen LogP contribution in [0.2, 0.25) is 5.02 Å². The molecule has 1 N–H and O–H groups in total. The highest BCUT2D eigenvalue weighted by atomic mass is 35.5. The summed E-state index contributed by atoms with van der Waals surface area (Å²) in [4.78, 5) is 30.1. The third kappa shape index (κ3) is 8.32. The van der Waals surface area contributed by atoms with E-state index in [2.05, 4.69) is 5.32 Å². The normalized spacial score (nSPS) is 14.1. The van der Waals surface area contributed by atoms with E-state index in [1.807, 2.05) is 67.6 Å². The first-order valence-electron chi connectivity index (χ1n) is 15.2. The topological polar surface area (TPSA) is 86.8 Å². The molecule has 1 aliphatic rings. The van der Waals surface area contributed by atoms with Gasteiger partial charge in [-0.15, -0.1) is 0 Å². The first-order chi connectivity index (χ1) is 21.7. The summed E-state index contributed by atoms with van der Waals surface area (Å²) < 4.78 is 29.3. The van der Waals surface area contributed by atoms with Crippen LogP contribution in [0.15, 0.2) is 114 Å². The quantitative estimate of drug-likeness (QED) is 0.190. The lowest BCUT2D eigenvalue weighted by Crippen LogP contribution is -2.54. The van der Waals surface area contributed by atoms with E-state index in [0.29, 0.717) is 10.7 Å². The summed E-state index contributed by atoms with van der Waals surface area (Å²) in [5.41, 5.74) is 3.03. The van der Waals surface area contributed by atoms with Crippen molar-refractivity contribution in [1.29, 1.82) is 0 Å². The summed E-state index contributed by atoms with van der Waals surface area (Å²) in [7, 11) is -4.18. The van der Waals surface area contributed by atoms with Gasteiger partial charge in [0.2, 0.25) is 11.8 Å². The molecule has 4 aromatic carbocycles. The molecule has 234 valence electrons. The fourth-order valence-corrected chi connectivity index (χ4v) is 7.22. The van der Waals surface area contributed by atoms with Crippen LogP contribution in [0.3, 0.4) is 0 Å². The molecule has 0 aliphatic heterocycles. The third-order valence-electron chi connectivity index (χ3n) is 8.17. The molecule has 45 heavy (non-hydrogen) atoms. The molecular weight excluding hydrogens is 606 g/mol. The fourth-order valence-electron chi connectivity index (χ4n) is 5.68. The fraction of sp³-hybridized carbons (Fsp3) is 0.278. The second-order valence-electron chi connectivity index (χ2n) is 11.5. The zero-order chi connectivity index (χ0) is 31.8. The van der Waals surface area contributed by atoms with Gasteiger partial charge >= 0.3 is 0 Å². The number of hydrogen-bond acceptors (Lipinski definition) is 4. The Morgan fingerprint density at radius 3 is 2.00 bits per heavy atom. The molecule has 0 saturated heterocycles. The van der Waals surface area contributed by atoms with Crippen LogP contribution in [0.4, 0.5) is 5.69 Å². The summed E-state index contributed by atoms with van der Waals surface area (Å²) in [6.45, 7) is 1.55. The average molecular weight is 644 g/mol. The summed E-state index contributed by atoms with van der Waals surface area (Å²) in [6.07, 6.45) is 4.18. The van der Waals surface area contributed by atoms with E-state index in [1.54, 1.807) is 24.3 Å². The van der Waals surface area contributed by atoms with Gasteiger partial charge in [-0.3, -0.25) is 13.9 Å². The molecule has 0 aromatic heterocycles. The minimum atomic E-state index is -4.18. The van der Waals surface area contributed by atoms with Crippen molar-refractivity contribution in [3.63, 3.8) is 0 Å². The number of benzene rings is 4. The maximum absolute atomic E-state index is 14.5. The molecule has 7 nitrogen and oxygen atoms in total. The molecule has 0 spiro atoms. The summed E-state index contributed by atoms with van der Waals surface area (Å²) in [5.74, 6) is -0.725. The van der Waals surface area contributed by atoms with Gasteiger partial charge in [-0.25, -0.2) is 8.42 Å². The Balaban J connectivity index is 1.55. The zero-order valence-electron chi connectivity index (χ0n) is 25.3. The summed E-state index contributed by atoms with van der Waals surface area (Å²) in [6, 6.07) is 31.1. The molecule has 0 bridgehead atoms. The Kier molecular flexibility index (Phi) is 10.6. The van der Waals surface area contributed by atoms with Gasteiger partial charge in [-0.2, -0.15) is 0 Å². The average Bonchev–Trinajstić information content (AvgIpc) is 3.56. The van der Waals surface area contributed by atoms with Crippen molar-refractivity contribution in [2.45, 2.75) is 62.6 Å². The molecule has 1 atom stereocenters. The molecule has 1 fully saturated rings. The van der Waals surface area contributed by atoms with E-state index in [9.17, 15) is 18.0 Å². The van der Waals surface area contributed by atoms with Crippen molar-refractivity contribution >= 4 is 39.1 Å². The predicted octanol–water partition coefficient (Wildman–Crippen LogP) is 6.54. The largest absolute Gasteiger partial charge is 0.352 e. The number of rotatable bonds is 12. The Bertz CT molecular complexity index is 1680. The first-order valence-corrected chi connectivity index (χ1v) is 17.1. The molecule has 4 aromatic rings. The van der Waals surface area contributed by atoms with E-state index < -0.39 is 28.5 Å². The predicted molar refractivity (Wildman–Crippen MR) is 178 cm³/mol. The van der Waals surface area contributed by atoms with Crippen LogP contribution in [0, 0.1) is 6.92 Å². The molecule has 0 heterocycles. The van der Waals surface area contributed by atoms with Crippen LogP contribution in [-0.4, -0.2) is 43.8 Å². The molecule has 5 rings (SSSR count). The van der Waals surface area contributed by atoms with Crippen molar-refractivity contribution in [3.8, 4) is 0 Å². The minimum absolute atomic E-state index is 0.00898. The number of amides is 2. The van der Waals surface area contributed by atoms with Gasteiger partial charge in [0, 0.05) is 24.0 Å². The van der Waals surface area contributed by atoms with Crippen molar-refractivity contribution in [2.24, 2.45) is 0 Å². The zero-order valence-corrected chi connectivity index (χ0v) is 26.9. The SMILES string of the molecule is Cc1ccc(N(CC(=O)N(Cc2ccccc2)[C@@H](Cc2ccccc2)C(=O)NC2CCCC2)S(=O)(=O)c2ccc(Cl)cc2)cc1. The standard InChI is InChI=1S/C36H38ClN3O4S/c1-27-16-20-32(21-17-27)40(45(43,44)33-22-18-30(37)19-23-33)26-35(41)39(25-29-12-6-3-7-13-29)34(24-28-10-4-2-5-11-28)36(42)38-31-14-8-9-15-31/h2-7,10-13,16-23,31,34H,8-9,14-15,24-26H2,1H3,(H,38,42)/t34-/m0/s1. The second-order valence-corrected chi connectivity index (χ2v) is 13.8. The molecule has 1 aliphatic carbocycles. The van der Waals surface area contributed by atoms with Crippen LogP contribution in [0.1, 0.15) is 42.4 Å². The third-order valence-corrected chi connectivity index (χ3v) is 10.2. The number of carbonyl (C=O) groups is 2. The summed E-state index contributed by atoms with van der Waals surface area (Å²) in [5, 5.41) is 3.60. The maximum Gasteiger partial charge on any atom is 0.264 e. The van der Waals surface area contributed by atoms with E-state index in [4.69, 9.17) is 11.6 Å². The van der Waals surface area contributed by atoms with Crippen LogP contribution in [0.5, 0.6) is 0 Å². The number of halogens is 1. The number of anilines is 1. The van der Waals surface area contributed by atoms with Gasteiger partial charge in [0.25, 0.3) is 10.0 Å². The lowest BCUT2D eigenvalue weighted by Gasteiger charge is -2.34. The first kappa shape index (κ1) is 32.3. The summed E-state index contributed by atoms with van der Waals surface area (Å²) >= 11 is 6.06. The highest BCUT2D eigenvalue weighted by molar-refractivity contribution is 7.92. The maximum atomic E-state index is 14.5. The van der Waals surface area contributed by atoms with Gasteiger partial charge in [0.1, 0.15) is 12.6 Å². The lowest BCUT2D eigenvalue weighted by molar-refractivity contribution is -0.140.